The van der Waals surface area contributed by atoms with Crippen molar-refractivity contribution in [2.75, 3.05) is 13.2 Å². The van der Waals surface area contributed by atoms with Gasteiger partial charge in [0, 0.05) is 24.7 Å². The van der Waals surface area contributed by atoms with Crippen LogP contribution in [0.2, 0.25) is 0 Å². The molecule has 0 aliphatic carbocycles. The van der Waals surface area contributed by atoms with Crippen molar-refractivity contribution in [1.82, 2.24) is 10.6 Å². The molecule has 0 aliphatic heterocycles. The third-order valence-electron chi connectivity index (χ3n) is 2.54. The van der Waals surface area contributed by atoms with E-state index in [1.807, 2.05) is 18.2 Å². The summed E-state index contributed by atoms with van der Waals surface area (Å²) in [4.78, 5) is 11.5. The van der Waals surface area contributed by atoms with E-state index in [-0.39, 0.29) is 12.5 Å². The fourth-order valence-electron chi connectivity index (χ4n) is 1.54. The van der Waals surface area contributed by atoms with Crippen molar-refractivity contribution in [1.29, 1.82) is 0 Å². The van der Waals surface area contributed by atoms with E-state index in [2.05, 4.69) is 47.0 Å². The summed E-state index contributed by atoms with van der Waals surface area (Å²) in [7, 11) is 0. The van der Waals surface area contributed by atoms with Gasteiger partial charge in [0.2, 0.25) is 0 Å². The number of benzene rings is 1. The molecule has 0 saturated heterocycles. The molecule has 0 fully saturated rings. The lowest BCUT2D eigenvalue weighted by molar-refractivity contribution is -0.122. The number of para-hydroxylation sites is 1. The van der Waals surface area contributed by atoms with Crippen LogP contribution in [-0.2, 0) is 11.3 Å². The lowest BCUT2D eigenvalue weighted by Gasteiger charge is -2.15. The van der Waals surface area contributed by atoms with Gasteiger partial charge in [0.05, 0.1) is 4.47 Å². The SMILES string of the molecule is C=CCNC(=O)COc1c(Br)cccc1CNC(C)C. The third-order valence-corrected chi connectivity index (χ3v) is 3.16. The van der Waals surface area contributed by atoms with E-state index in [0.29, 0.717) is 24.9 Å². The Hall–Kier alpha value is -1.33. The van der Waals surface area contributed by atoms with Crippen LogP contribution in [0, 0.1) is 0 Å². The molecule has 0 spiro atoms. The third kappa shape index (κ3) is 5.75. The molecule has 0 aliphatic rings. The Kier molecular flexibility index (Phi) is 7.33. The van der Waals surface area contributed by atoms with Gasteiger partial charge in [-0.1, -0.05) is 32.1 Å². The second-order valence-electron chi connectivity index (χ2n) is 4.65. The zero-order valence-electron chi connectivity index (χ0n) is 11.9. The van der Waals surface area contributed by atoms with Crippen molar-refractivity contribution in [3.8, 4) is 5.75 Å². The van der Waals surface area contributed by atoms with Crippen molar-refractivity contribution < 1.29 is 9.53 Å². The number of halogens is 1. The largest absolute Gasteiger partial charge is 0.482 e. The van der Waals surface area contributed by atoms with Crippen molar-refractivity contribution >= 4 is 21.8 Å². The predicted molar refractivity (Wildman–Crippen MR) is 84.8 cm³/mol. The van der Waals surface area contributed by atoms with E-state index in [4.69, 9.17) is 4.74 Å². The van der Waals surface area contributed by atoms with E-state index in [1.165, 1.54) is 0 Å². The summed E-state index contributed by atoms with van der Waals surface area (Å²) in [6, 6.07) is 6.22. The number of nitrogens with one attached hydrogen (secondary N) is 2. The minimum atomic E-state index is -0.163. The molecular weight excluding hydrogens is 320 g/mol. The van der Waals surface area contributed by atoms with Gasteiger partial charge in [0.1, 0.15) is 5.75 Å². The Balaban J connectivity index is 2.67. The molecule has 5 heteroatoms. The van der Waals surface area contributed by atoms with Crippen LogP contribution in [0.3, 0.4) is 0 Å². The first-order valence-corrected chi connectivity index (χ1v) is 7.35. The van der Waals surface area contributed by atoms with E-state index >= 15 is 0 Å². The monoisotopic (exact) mass is 340 g/mol. The normalized spacial score (nSPS) is 10.4. The fraction of sp³-hybridized carbons (Fsp3) is 0.400. The topological polar surface area (TPSA) is 50.4 Å². The minimum absolute atomic E-state index is 0.00880. The number of carbonyl (C=O) groups is 1. The Morgan fingerprint density at radius 2 is 2.25 bits per heavy atom. The summed E-state index contributed by atoms with van der Waals surface area (Å²) in [5, 5.41) is 6.02. The average molecular weight is 341 g/mol. The van der Waals surface area contributed by atoms with Gasteiger partial charge in [-0.25, -0.2) is 0 Å². The number of hydrogen-bond acceptors (Lipinski definition) is 3. The number of amides is 1. The maximum atomic E-state index is 11.5. The highest BCUT2D eigenvalue weighted by Gasteiger charge is 2.10. The molecule has 4 nitrogen and oxygen atoms in total. The molecule has 0 saturated carbocycles. The van der Waals surface area contributed by atoms with Gasteiger partial charge >= 0.3 is 0 Å². The Labute approximate surface area is 128 Å². The molecule has 0 atom stereocenters. The van der Waals surface area contributed by atoms with Gasteiger partial charge in [-0.05, 0) is 22.0 Å². The van der Waals surface area contributed by atoms with Crippen molar-refractivity contribution in [3.05, 3.63) is 40.9 Å². The highest BCUT2D eigenvalue weighted by Crippen LogP contribution is 2.29. The van der Waals surface area contributed by atoms with Crippen molar-refractivity contribution in [2.24, 2.45) is 0 Å². The second-order valence-corrected chi connectivity index (χ2v) is 5.50. The minimum Gasteiger partial charge on any atom is -0.482 e. The van der Waals surface area contributed by atoms with Crippen LogP contribution in [0.4, 0.5) is 0 Å². The summed E-state index contributed by atoms with van der Waals surface area (Å²) >= 11 is 3.46. The van der Waals surface area contributed by atoms with Gasteiger partial charge < -0.3 is 15.4 Å². The van der Waals surface area contributed by atoms with Crippen LogP contribution < -0.4 is 15.4 Å². The van der Waals surface area contributed by atoms with Gasteiger partial charge in [-0.15, -0.1) is 6.58 Å². The van der Waals surface area contributed by atoms with E-state index in [1.54, 1.807) is 6.08 Å². The van der Waals surface area contributed by atoms with E-state index < -0.39 is 0 Å². The summed E-state index contributed by atoms with van der Waals surface area (Å²) in [6.45, 7) is 8.85. The zero-order chi connectivity index (χ0) is 15.0. The van der Waals surface area contributed by atoms with Crippen molar-refractivity contribution in [2.45, 2.75) is 26.4 Å². The molecule has 1 aromatic carbocycles. The fourth-order valence-corrected chi connectivity index (χ4v) is 2.06. The molecule has 1 amide bonds. The molecule has 0 heterocycles. The van der Waals surface area contributed by atoms with Gasteiger partial charge in [0.15, 0.2) is 6.61 Å². The van der Waals surface area contributed by atoms with Crippen LogP contribution in [0.5, 0.6) is 5.75 Å². The van der Waals surface area contributed by atoms with Crippen LogP contribution in [0.15, 0.2) is 35.3 Å². The molecule has 0 bridgehead atoms. The number of ether oxygens (including phenoxy) is 1. The first-order valence-electron chi connectivity index (χ1n) is 6.55. The zero-order valence-corrected chi connectivity index (χ0v) is 13.5. The summed E-state index contributed by atoms with van der Waals surface area (Å²) < 4.78 is 6.47. The van der Waals surface area contributed by atoms with E-state index in [9.17, 15) is 4.79 Å². The number of hydrogen-bond donors (Lipinski definition) is 2. The lowest BCUT2D eigenvalue weighted by Crippen LogP contribution is -2.29. The molecule has 2 N–H and O–H groups in total. The van der Waals surface area contributed by atoms with Crippen LogP contribution in [-0.4, -0.2) is 25.1 Å². The first kappa shape index (κ1) is 16.7. The lowest BCUT2D eigenvalue weighted by atomic mass is 10.2. The molecule has 1 rings (SSSR count). The molecule has 20 heavy (non-hydrogen) atoms. The van der Waals surface area contributed by atoms with Gasteiger partial charge in [-0.2, -0.15) is 0 Å². The van der Waals surface area contributed by atoms with Crippen molar-refractivity contribution in [3.63, 3.8) is 0 Å². The Morgan fingerprint density at radius 3 is 2.90 bits per heavy atom. The van der Waals surface area contributed by atoms with Crippen LogP contribution >= 0.6 is 15.9 Å². The summed E-state index contributed by atoms with van der Waals surface area (Å²) in [5.74, 6) is 0.540. The predicted octanol–water partition coefficient (Wildman–Crippen LogP) is 2.63. The molecule has 0 radical (unpaired) electrons. The summed E-state index contributed by atoms with van der Waals surface area (Å²) in [6.07, 6.45) is 1.63. The van der Waals surface area contributed by atoms with E-state index in [0.717, 1.165) is 10.0 Å². The molecule has 110 valence electrons. The molecule has 0 unspecified atom stereocenters. The first-order chi connectivity index (χ1) is 9.54. The van der Waals surface area contributed by atoms with Crippen LogP contribution in [0.25, 0.3) is 0 Å². The highest BCUT2D eigenvalue weighted by molar-refractivity contribution is 9.10. The van der Waals surface area contributed by atoms with Gasteiger partial charge in [-0.3, -0.25) is 4.79 Å². The second kappa shape index (κ2) is 8.76. The highest BCUT2D eigenvalue weighted by atomic mass is 79.9. The Bertz CT molecular complexity index is 461. The quantitative estimate of drug-likeness (QED) is 0.715. The maximum Gasteiger partial charge on any atom is 0.258 e. The standard InChI is InChI=1S/C15H21BrN2O2/c1-4-8-17-14(19)10-20-15-12(9-18-11(2)3)6-5-7-13(15)16/h4-7,11,18H,1,8-10H2,2-3H3,(H,17,19). The Morgan fingerprint density at radius 1 is 1.50 bits per heavy atom. The maximum absolute atomic E-state index is 11.5. The van der Waals surface area contributed by atoms with Crippen LogP contribution in [0.1, 0.15) is 19.4 Å². The molecule has 0 aromatic heterocycles. The summed E-state index contributed by atoms with van der Waals surface area (Å²) in [5.41, 5.74) is 1.02. The average Bonchev–Trinajstić information content (AvgIpc) is 2.41. The number of rotatable bonds is 8. The molecule has 1 aromatic rings. The smallest absolute Gasteiger partial charge is 0.258 e. The molecular formula is C15H21BrN2O2. The number of carbonyl (C=O) groups excluding carboxylic acids is 1. The van der Waals surface area contributed by atoms with Gasteiger partial charge in [0.25, 0.3) is 5.91 Å².